The van der Waals surface area contributed by atoms with Crippen molar-refractivity contribution in [2.75, 3.05) is 20.2 Å². The van der Waals surface area contributed by atoms with E-state index in [1.807, 2.05) is 0 Å². The topological polar surface area (TPSA) is 37.0 Å². The van der Waals surface area contributed by atoms with Crippen molar-refractivity contribution < 1.29 is 4.74 Å². The Kier molecular flexibility index (Phi) is 3.23. The largest absolute Gasteiger partial charge is 0.497 e. The summed E-state index contributed by atoms with van der Waals surface area (Å²) in [5.74, 6) is 1.61. The van der Waals surface area contributed by atoms with Crippen LogP contribution in [0.15, 0.2) is 12.1 Å². The second kappa shape index (κ2) is 4.89. The van der Waals surface area contributed by atoms with E-state index in [2.05, 4.69) is 36.3 Å². The number of ether oxygens (including phenoxy) is 1. The Balaban J connectivity index is 2.11. The van der Waals surface area contributed by atoms with Crippen LogP contribution in [0, 0.1) is 13.8 Å². The molecule has 1 aliphatic heterocycles. The standard InChI is InChI=1S/C16H22N2O/c1-10-8-13(19-3)9-14-11(2)16(18-15(10)14)12-4-6-17-7-5-12/h8-9,12,17-18H,4-7H2,1-3H3. The summed E-state index contributed by atoms with van der Waals surface area (Å²) in [5.41, 5.74) is 5.35. The van der Waals surface area contributed by atoms with Crippen LogP contribution < -0.4 is 10.1 Å². The highest BCUT2D eigenvalue weighted by Crippen LogP contribution is 2.34. The Morgan fingerprint density at radius 3 is 2.58 bits per heavy atom. The highest BCUT2D eigenvalue weighted by atomic mass is 16.5. The van der Waals surface area contributed by atoms with Crippen LogP contribution in [0.5, 0.6) is 5.75 Å². The second-order valence-electron chi connectivity index (χ2n) is 5.55. The van der Waals surface area contributed by atoms with Crippen LogP contribution in [0.3, 0.4) is 0 Å². The van der Waals surface area contributed by atoms with E-state index in [0.29, 0.717) is 5.92 Å². The number of hydrogen-bond acceptors (Lipinski definition) is 2. The average molecular weight is 258 g/mol. The highest BCUT2D eigenvalue weighted by molar-refractivity contribution is 5.88. The van der Waals surface area contributed by atoms with Gasteiger partial charge in [-0.05, 0) is 63.0 Å². The predicted molar refractivity (Wildman–Crippen MR) is 79.2 cm³/mol. The summed E-state index contributed by atoms with van der Waals surface area (Å²) < 4.78 is 5.39. The van der Waals surface area contributed by atoms with Crippen molar-refractivity contribution in [3.63, 3.8) is 0 Å². The molecular formula is C16H22N2O. The number of rotatable bonds is 2. The molecule has 1 fully saturated rings. The van der Waals surface area contributed by atoms with Gasteiger partial charge in [0.25, 0.3) is 0 Å². The SMILES string of the molecule is COc1cc(C)c2[nH]c(C3CCNCC3)c(C)c2c1. The predicted octanol–water partition coefficient (Wildman–Crippen LogP) is 3.26. The first-order valence-electron chi connectivity index (χ1n) is 7.08. The molecule has 0 saturated carbocycles. The molecule has 3 rings (SSSR count). The van der Waals surface area contributed by atoms with Crippen molar-refractivity contribution in [3.8, 4) is 5.75 Å². The van der Waals surface area contributed by atoms with Gasteiger partial charge in [-0.3, -0.25) is 0 Å². The zero-order valence-electron chi connectivity index (χ0n) is 12.0. The van der Waals surface area contributed by atoms with Crippen LogP contribution in [-0.4, -0.2) is 25.2 Å². The maximum absolute atomic E-state index is 5.39. The van der Waals surface area contributed by atoms with E-state index in [9.17, 15) is 0 Å². The number of piperidine rings is 1. The maximum Gasteiger partial charge on any atom is 0.119 e. The number of H-pyrrole nitrogens is 1. The lowest BCUT2D eigenvalue weighted by molar-refractivity contribution is 0.415. The first kappa shape index (κ1) is 12.5. The van der Waals surface area contributed by atoms with Gasteiger partial charge in [0.1, 0.15) is 5.75 Å². The third kappa shape index (κ3) is 2.12. The molecule has 0 aliphatic carbocycles. The number of aromatic nitrogens is 1. The molecule has 0 atom stereocenters. The van der Waals surface area contributed by atoms with Crippen LogP contribution in [0.2, 0.25) is 0 Å². The van der Waals surface area contributed by atoms with E-state index in [-0.39, 0.29) is 0 Å². The number of benzene rings is 1. The fraction of sp³-hybridized carbons (Fsp3) is 0.500. The normalized spacial score (nSPS) is 17.0. The molecule has 3 heteroatoms. The summed E-state index contributed by atoms with van der Waals surface area (Å²) in [4.78, 5) is 3.67. The fourth-order valence-corrected chi connectivity index (χ4v) is 3.23. The number of hydrogen-bond donors (Lipinski definition) is 2. The first-order valence-corrected chi connectivity index (χ1v) is 7.08. The van der Waals surface area contributed by atoms with Gasteiger partial charge < -0.3 is 15.0 Å². The van der Waals surface area contributed by atoms with Gasteiger partial charge in [-0.1, -0.05) is 0 Å². The molecule has 0 amide bonds. The lowest BCUT2D eigenvalue weighted by Gasteiger charge is -2.22. The van der Waals surface area contributed by atoms with Crippen molar-refractivity contribution in [1.82, 2.24) is 10.3 Å². The molecule has 19 heavy (non-hydrogen) atoms. The molecule has 1 aromatic carbocycles. The number of fused-ring (bicyclic) bond motifs is 1. The third-order valence-electron chi connectivity index (χ3n) is 4.36. The Labute approximate surface area is 114 Å². The second-order valence-corrected chi connectivity index (χ2v) is 5.55. The summed E-state index contributed by atoms with van der Waals surface area (Å²) in [6.07, 6.45) is 2.45. The number of aromatic amines is 1. The van der Waals surface area contributed by atoms with Gasteiger partial charge >= 0.3 is 0 Å². The molecule has 0 radical (unpaired) electrons. The van der Waals surface area contributed by atoms with Gasteiger partial charge in [0, 0.05) is 22.5 Å². The van der Waals surface area contributed by atoms with E-state index in [1.54, 1.807) is 7.11 Å². The van der Waals surface area contributed by atoms with Crippen molar-refractivity contribution in [3.05, 3.63) is 29.0 Å². The molecule has 2 N–H and O–H groups in total. The van der Waals surface area contributed by atoms with Gasteiger partial charge in [0.15, 0.2) is 0 Å². The molecule has 0 spiro atoms. The number of aryl methyl sites for hydroxylation is 2. The van der Waals surface area contributed by atoms with E-state index < -0.39 is 0 Å². The smallest absolute Gasteiger partial charge is 0.119 e. The third-order valence-corrected chi connectivity index (χ3v) is 4.36. The summed E-state index contributed by atoms with van der Waals surface area (Å²) >= 11 is 0. The van der Waals surface area contributed by atoms with Crippen LogP contribution >= 0.6 is 0 Å². The maximum atomic E-state index is 5.39. The number of nitrogens with one attached hydrogen (secondary N) is 2. The molecular weight excluding hydrogens is 236 g/mol. The van der Waals surface area contributed by atoms with Gasteiger partial charge in [-0.25, -0.2) is 0 Å². The summed E-state index contributed by atoms with van der Waals surface area (Å²) in [6.45, 7) is 6.63. The molecule has 3 nitrogen and oxygen atoms in total. The van der Waals surface area contributed by atoms with Gasteiger partial charge in [-0.15, -0.1) is 0 Å². The lowest BCUT2D eigenvalue weighted by Crippen LogP contribution is -2.27. The van der Waals surface area contributed by atoms with Crippen LogP contribution in [0.1, 0.15) is 35.6 Å². The zero-order valence-corrected chi connectivity index (χ0v) is 12.0. The number of methoxy groups -OCH3 is 1. The van der Waals surface area contributed by atoms with E-state index >= 15 is 0 Å². The lowest BCUT2D eigenvalue weighted by atomic mass is 9.92. The van der Waals surface area contributed by atoms with Crippen molar-refractivity contribution >= 4 is 10.9 Å². The van der Waals surface area contributed by atoms with E-state index in [0.717, 1.165) is 18.8 Å². The monoisotopic (exact) mass is 258 g/mol. The summed E-state index contributed by atoms with van der Waals surface area (Å²) in [7, 11) is 1.73. The molecule has 0 bridgehead atoms. The van der Waals surface area contributed by atoms with Crippen LogP contribution in [0.4, 0.5) is 0 Å². The minimum Gasteiger partial charge on any atom is -0.497 e. The average Bonchev–Trinajstić information content (AvgIpc) is 2.78. The fourth-order valence-electron chi connectivity index (χ4n) is 3.23. The van der Waals surface area contributed by atoms with E-state index in [1.165, 1.54) is 40.6 Å². The highest BCUT2D eigenvalue weighted by Gasteiger charge is 2.20. The van der Waals surface area contributed by atoms with Crippen LogP contribution in [-0.2, 0) is 0 Å². The Hall–Kier alpha value is -1.48. The molecule has 1 aliphatic rings. The summed E-state index contributed by atoms with van der Waals surface area (Å²) in [6, 6.07) is 4.25. The van der Waals surface area contributed by atoms with Crippen molar-refractivity contribution in [2.45, 2.75) is 32.6 Å². The van der Waals surface area contributed by atoms with Gasteiger partial charge in [0.05, 0.1) is 7.11 Å². The van der Waals surface area contributed by atoms with Crippen molar-refractivity contribution in [1.29, 1.82) is 0 Å². The van der Waals surface area contributed by atoms with Gasteiger partial charge in [0.2, 0.25) is 0 Å². The first-order chi connectivity index (χ1) is 9.20. The summed E-state index contributed by atoms with van der Waals surface area (Å²) in [5, 5.41) is 4.74. The molecule has 1 aromatic heterocycles. The van der Waals surface area contributed by atoms with Crippen molar-refractivity contribution in [2.24, 2.45) is 0 Å². The minimum atomic E-state index is 0.666. The van der Waals surface area contributed by atoms with Gasteiger partial charge in [-0.2, -0.15) is 0 Å². The molecule has 2 heterocycles. The minimum absolute atomic E-state index is 0.666. The zero-order chi connectivity index (χ0) is 13.4. The molecule has 1 saturated heterocycles. The molecule has 2 aromatic rings. The molecule has 0 unspecified atom stereocenters. The van der Waals surface area contributed by atoms with E-state index in [4.69, 9.17) is 4.74 Å². The Bertz CT molecular complexity index is 594. The Morgan fingerprint density at radius 2 is 1.89 bits per heavy atom. The quantitative estimate of drug-likeness (QED) is 0.867. The molecule has 102 valence electrons. The Morgan fingerprint density at radius 1 is 1.16 bits per heavy atom. The van der Waals surface area contributed by atoms with Crippen LogP contribution in [0.25, 0.3) is 10.9 Å².